The zero-order valence-electron chi connectivity index (χ0n) is 13.6. The highest BCUT2D eigenvalue weighted by Crippen LogP contribution is 2.22. The third kappa shape index (κ3) is 3.85. The summed E-state index contributed by atoms with van der Waals surface area (Å²) in [6.07, 6.45) is 4.37. The lowest BCUT2D eigenvalue weighted by atomic mass is 9.92. The van der Waals surface area contributed by atoms with Crippen molar-refractivity contribution >= 4 is 17.5 Å². The summed E-state index contributed by atoms with van der Waals surface area (Å²) in [4.78, 5) is 32.9. The number of halogens is 1. The number of likely N-dealkylation sites (tertiary alicyclic amines) is 1. The summed E-state index contributed by atoms with van der Waals surface area (Å²) in [6, 6.07) is 7.48. The van der Waals surface area contributed by atoms with Crippen LogP contribution < -0.4 is 5.56 Å². The van der Waals surface area contributed by atoms with Gasteiger partial charge in [0.25, 0.3) is 11.5 Å². The van der Waals surface area contributed by atoms with Crippen LogP contribution in [0.25, 0.3) is 0 Å². The van der Waals surface area contributed by atoms with Crippen LogP contribution in [0.4, 0.5) is 0 Å². The first-order valence-electron chi connectivity index (χ1n) is 8.13. The second-order valence-electron chi connectivity index (χ2n) is 6.30. The molecule has 126 valence electrons. The number of aromatic nitrogens is 2. The Balaban J connectivity index is 1.69. The van der Waals surface area contributed by atoms with Crippen molar-refractivity contribution in [2.75, 3.05) is 13.1 Å². The summed E-state index contributed by atoms with van der Waals surface area (Å²) in [5.74, 6) is 0.310. The van der Waals surface area contributed by atoms with Gasteiger partial charge in [0.2, 0.25) is 0 Å². The number of hydrogen-bond acceptors (Lipinski definition) is 3. The second-order valence-corrected chi connectivity index (χ2v) is 6.71. The molecule has 1 unspecified atom stereocenters. The molecule has 6 heteroatoms. The van der Waals surface area contributed by atoms with Crippen LogP contribution in [0.5, 0.6) is 0 Å². The van der Waals surface area contributed by atoms with E-state index in [-0.39, 0.29) is 16.5 Å². The Morgan fingerprint density at radius 1 is 1.46 bits per heavy atom. The van der Waals surface area contributed by atoms with Crippen molar-refractivity contribution in [2.45, 2.75) is 26.2 Å². The van der Waals surface area contributed by atoms with Crippen LogP contribution in [0.2, 0.25) is 5.02 Å². The highest BCUT2D eigenvalue weighted by Gasteiger charge is 2.25. The highest BCUT2D eigenvalue weighted by molar-refractivity contribution is 6.30. The number of nitrogens with one attached hydrogen (secondary N) is 1. The van der Waals surface area contributed by atoms with Gasteiger partial charge in [0.05, 0.1) is 5.56 Å². The van der Waals surface area contributed by atoms with Crippen molar-refractivity contribution in [1.29, 1.82) is 0 Å². The van der Waals surface area contributed by atoms with Crippen molar-refractivity contribution in [1.82, 2.24) is 14.9 Å². The maximum atomic E-state index is 12.6. The summed E-state index contributed by atoms with van der Waals surface area (Å²) < 4.78 is 0. The van der Waals surface area contributed by atoms with E-state index in [2.05, 4.69) is 9.97 Å². The zero-order valence-corrected chi connectivity index (χ0v) is 14.3. The quantitative estimate of drug-likeness (QED) is 0.930. The molecule has 0 radical (unpaired) electrons. The van der Waals surface area contributed by atoms with Gasteiger partial charge in [-0.2, -0.15) is 0 Å². The Kier molecular flexibility index (Phi) is 5.00. The van der Waals surface area contributed by atoms with Crippen molar-refractivity contribution in [3.05, 3.63) is 62.8 Å². The van der Waals surface area contributed by atoms with E-state index in [0.717, 1.165) is 37.2 Å². The van der Waals surface area contributed by atoms with E-state index >= 15 is 0 Å². The molecule has 1 amide bonds. The molecule has 1 N–H and O–H groups in total. The van der Waals surface area contributed by atoms with Crippen molar-refractivity contribution < 1.29 is 4.79 Å². The number of aryl methyl sites for hydroxylation is 1. The number of aromatic amines is 1. The number of H-pyrrole nitrogens is 1. The van der Waals surface area contributed by atoms with Crippen LogP contribution in [0.1, 0.15) is 34.6 Å². The minimum atomic E-state index is -0.379. The largest absolute Gasteiger partial charge is 0.338 e. The highest BCUT2D eigenvalue weighted by atomic mass is 35.5. The van der Waals surface area contributed by atoms with Crippen LogP contribution in [0, 0.1) is 12.8 Å². The lowest BCUT2D eigenvalue weighted by Gasteiger charge is -2.32. The molecule has 1 atom stereocenters. The topological polar surface area (TPSA) is 66.1 Å². The normalized spacial score (nSPS) is 17.8. The first-order chi connectivity index (χ1) is 11.5. The maximum Gasteiger partial charge on any atom is 0.266 e. The molecule has 0 spiro atoms. The van der Waals surface area contributed by atoms with Crippen LogP contribution in [-0.4, -0.2) is 33.9 Å². The van der Waals surface area contributed by atoms with Gasteiger partial charge in [-0.3, -0.25) is 14.6 Å². The number of rotatable bonds is 3. The Hall–Kier alpha value is -2.14. The van der Waals surface area contributed by atoms with E-state index < -0.39 is 0 Å². The van der Waals surface area contributed by atoms with E-state index in [1.807, 2.05) is 30.0 Å². The van der Waals surface area contributed by atoms with Crippen LogP contribution in [-0.2, 0) is 6.42 Å². The maximum absolute atomic E-state index is 12.6. The number of nitrogens with zero attached hydrogens (tertiary/aromatic N) is 2. The third-order valence-corrected chi connectivity index (χ3v) is 4.64. The van der Waals surface area contributed by atoms with Gasteiger partial charge in [-0.15, -0.1) is 0 Å². The fraction of sp³-hybridized carbons (Fsp3) is 0.389. The van der Waals surface area contributed by atoms with Gasteiger partial charge in [-0.05, 0) is 50.3 Å². The minimum Gasteiger partial charge on any atom is -0.338 e. The van der Waals surface area contributed by atoms with E-state index in [1.165, 1.54) is 12.3 Å². The lowest BCUT2D eigenvalue weighted by Crippen LogP contribution is -2.40. The molecule has 0 aromatic carbocycles. The number of amides is 1. The minimum absolute atomic E-state index is 0.0402. The number of carbonyl (C=O) groups is 1. The summed E-state index contributed by atoms with van der Waals surface area (Å²) in [5, 5.41) is 0.0402. The standard InChI is InChI=1S/C18H20ClN3O2/c1-12-4-2-6-15(21-12)8-13-5-3-7-22(11-13)18(24)14-9-16(19)17(23)20-10-14/h2,4,6,9-10,13H,3,5,7-8,11H2,1H3,(H,20,23). The first-order valence-corrected chi connectivity index (χ1v) is 8.51. The lowest BCUT2D eigenvalue weighted by molar-refractivity contribution is 0.0672. The van der Waals surface area contributed by atoms with Gasteiger partial charge in [-0.25, -0.2) is 0 Å². The molecule has 3 heterocycles. The van der Waals surface area contributed by atoms with Gasteiger partial charge in [0.1, 0.15) is 5.02 Å². The summed E-state index contributed by atoms with van der Waals surface area (Å²) >= 11 is 5.82. The molecule has 5 nitrogen and oxygen atoms in total. The summed E-state index contributed by atoms with van der Waals surface area (Å²) in [5.41, 5.74) is 2.13. The predicted octanol–water partition coefficient (Wildman–Crippen LogP) is 2.83. The van der Waals surface area contributed by atoms with E-state index in [9.17, 15) is 9.59 Å². The first kappa shape index (κ1) is 16.7. The number of piperidine rings is 1. The van der Waals surface area contributed by atoms with Gasteiger partial charge < -0.3 is 9.88 Å². The van der Waals surface area contributed by atoms with Gasteiger partial charge in [-0.1, -0.05) is 17.7 Å². The SMILES string of the molecule is Cc1cccc(CC2CCCN(C(=O)c3c[nH]c(=O)c(Cl)c3)C2)n1. The average molecular weight is 346 g/mol. The van der Waals surface area contributed by atoms with Gasteiger partial charge in [0, 0.05) is 30.7 Å². The molecule has 0 bridgehead atoms. The Bertz CT molecular complexity index is 803. The van der Waals surface area contributed by atoms with Crippen molar-refractivity contribution in [3.63, 3.8) is 0 Å². The molecular weight excluding hydrogens is 326 g/mol. The van der Waals surface area contributed by atoms with Crippen molar-refractivity contribution in [3.8, 4) is 0 Å². The van der Waals surface area contributed by atoms with E-state index in [1.54, 1.807) is 0 Å². The fourth-order valence-electron chi connectivity index (χ4n) is 3.19. The van der Waals surface area contributed by atoms with E-state index in [0.29, 0.717) is 18.0 Å². The third-order valence-electron chi connectivity index (χ3n) is 4.35. The monoisotopic (exact) mass is 345 g/mol. The molecule has 0 saturated carbocycles. The number of carbonyl (C=O) groups excluding carboxylic acids is 1. The van der Waals surface area contributed by atoms with Crippen LogP contribution >= 0.6 is 11.6 Å². The van der Waals surface area contributed by atoms with E-state index in [4.69, 9.17) is 11.6 Å². The molecule has 1 fully saturated rings. The predicted molar refractivity (Wildman–Crippen MR) is 93.4 cm³/mol. The van der Waals surface area contributed by atoms with Crippen LogP contribution in [0.3, 0.4) is 0 Å². The smallest absolute Gasteiger partial charge is 0.266 e. The molecule has 2 aromatic heterocycles. The summed E-state index contributed by atoms with van der Waals surface area (Å²) in [7, 11) is 0. The molecule has 3 rings (SSSR count). The summed E-state index contributed by atoms with van der Waals surface area (Å²) in [6.45, 7) is 3.42. The zero-order chi connectivity index (χ0) is 17.1. The molecular formula is C18H20ClN3O2. The van der Waals surface area contributed by atoms with Gasteiger partial charge in [0.15, 0.2) is 0 Å². The Morgan fingerprint density at radius 3 is 3.04 bits per heavy atom. The number of hydrogen-bond donors (Lipinski definition) is 1. The molecule has 0 aliphatic carbocycles. The molecule has 24 heavy (non-hydrogen) atoms. The molecule has 1 saturated heterocycles. The van der Waals surface area contributed by atoms with Gasteiger partial charge >= 0.3 is 0 Å². The fourth-order valence-corrected chi connectivity index (χ4v) is 3.36. The number of pyridine rings is 2. The average Bonchev–Trinajstić information content (AvgIpc) is 2.57. The van der Waals surface area contributed by atoms with Crippen LogP contribution in [0.15, 0.2) is 35.3 Å². The Labute approximate surface area is 145 Å². The second kappa shape index (κ2) is 7.18. The Morgan fingerprint density at radius 2 is 2.29 bits per heavy atom. The molecule has 1 aliphatic heterocycles. The molecule has 2 aromatic rings. The van der Waals surface area contributed by atoms with Crippen molar-refractivity contribution in [2.24, 2.45) is 5.92 Å². The molecule has 1 aliphatic rings.